The average molecular weight is 371 g/mol. The maximum absolute atomic E-state index is 13.6. The van der Waals surface area contributed by atoms with Crippen LogP contribution in [0, 0.1) is 23.6 Å². The van der Waals surface area contributed by atoms with Crippen LogP contribution in [0.5, 0.6) is 0 Å². The molecule has 3 rings (SSSR count). The minimum Gasteiger partial charge on any atom is -0.341 e. The monoisotopic (exact) mass is 370 g/mol. The highest BCUT2D eigenvalue weighted by Gasteiger charge is 2.18. The summed E-state index contributed by atoms with van der Waals surface area (Å²) in [6.07, 6.45) is 4.77. The van der Waals surface area contributed by atoms with Crippen molar-refractivity contribution in [2.45, 2.75) is 19.6 Å². The second kappa shape index (κ2) is 9.00. The Balaban J connectivity index is 1.61. The first kappa shape index (κ1) is 18.7. The Kier molecular flexibility index (Phi) is 6.46. The summed E-state index contributed by atoms with van der Waals surface area (Å²) >= 11 is 5.72. The molecule has 1 heterocycles. The lowest BCUT2D eigenvalue weighted by molar-refractivity contribution is -0.160. The Hall–Kier alpha value is -2.12. The SMILES string of the molecule is CC/C=C/[C@H]1CO[C@H](C#Cc2ccc(-c3ccc(Cl)c(F)c3)cc2)OC1. The van der Waals surface area contributed by atoms with E-state index in [1.165, 1.54) is 6.07 Å². The average Bonchev–Trinajstić information content (AvgIpc) is 2.68. The van der Waals surface area contributed by atoms with Gasteiger partial charge in [0, 0.05) is 11.5 Å². The topological polar surface area (TPSA) is 18.5 Å². The van der Waals surface area contributed by atoms with Gasteiger partial charge in [0.05, 0.1) is 18.2 Å². The molecule has 0 N–H and O–H groups in total. The first-order chi connectivity index (χ1) is 12.7. The van der Waals surface area contributed by atoms with Crippen LogP contribution in [0.3, 0.4) is 0 Å². The fourth-order valence-electron chi connectivity index (χ4n) is 2.61. The van der Waals surface area contributed by atoms with Crippen LogP contribution >= 0.6 is 11.6 Å². The summed E-state index contributed by atoms with van der Waals surface area (Å²) in [7, 11) is 0. The molecular formula is C22H20ClFO2. The molecule has 2 nitrogen and oxygen atoms in total. The Morgan fingerprint density at radius 2 is 1.81 bits per heavy atom. The van der Waals surface area contributed by atoms with Crippen LogP contribution in [0.1, 0.15) is 18.9 Å². The number of benzene rings is 2. The third kappa shape index (κ3) is 4.95. The van der Waals surface area contributed by atoms with E-state index in [0.29, 0.717) is 19.1 Å². The van der Waals surface area contributed by atoms with Gasteiger partial charge in [-0.3, -0.25) is 0 Å². The molecule has 1 aliphatic rings. The maximum Gasteiger partial charge on any atom is 0.222 e. The van der Waals surface area contributed by atoms with E-state index in [0.717, 1.165) is 23.1 Å². The zero-order chi connectivity index (χ0) is 18.4. The van der Waals surface area contributed by atoms with Crippen LogP contribution in [0.2, 0.25) is 5.02 Å². The lowest BCUT2D eigenvalue weighted by atomic mass is 10.0. The van der Waals surface area contributed by atoms with Gasteiger partial charge in [0.2, 0.25) is 6.29 Å². The Labute approximate surface area is 158 Å². The van der Waals surface area contributed by atoms with Crippen molar-refractivity contribution in [2.75, 3.05) is 13.2 Å². The van der Waals surface area contributed by atoms with Gasteiger partial charge in [-0.25, -0.2) is 4.39 Å². The summed E-state index contributed by atoms with van der Waals surface area (Å²) in [6, 6.07) is 12.4. The van der Waals surface area contributed by atoms with Crippen LogP contribution in [0.25, 0.3) is 11.1 Å². The fraction of sp³-hybridized carbons (Fsp3) is 0.273. The molecule has 0 unspecified atom stereocenters. The lowest BCUT2D eigenvalue weighted by Crippen LogP contribution is -2.30. The van der Waals surface area contributed by atoms with Gasteiger partial charge < -0.3 is 9.47 Å². The number of hydrogen-bond donors (Lipinski definition) is 0. The van der Waals surface area contributed by atoms with Gasteiger partial charge in [0.15, 0.2) is 0 Å². The highest BCUT2D eigenvalue weighted by Crippen LogP contribution is 2.24. The van der Waals surface area contributed by atoms with Crippen molar-refractivity contribution in [1.82, 2.24) is 0 Å². The second-order valence-electron chi connectivity index (χ2n) is 6.07. The predicted molar refractivity (Wildman–Crippen MR) is 102 cm³/mol. The van der Waals surface area contributed by atoms with Crippen molar-refractivity contribution >= 4 is 11.6 Å². The molecule has 2 aromatic rings. The minimum absolute atomic E-state index is 0.121. The standard InChI is InChI=1S/C22H20ClFO2/c1-2-3-4-17-14-25-22(26-15-17)12-7-16-5-8-18(9-6-16)19-10-11-20(23)21(24)13-19/h3-6,8-11,13,17,22H,2,14-15H2,1H3/b4-3+/t17-,22-. The summed E-state index contributed by atoms with van der Waals surface area (Å²) in [5.74, 6) is 5.93. The normalized spacial score (nSPS) is 20.0. The molecule has 4 heteroatoms. The zero-order valence-corrected chi connectivity index (χ0v) is 15.3. The molecule has 0 bridgehead atoms. The molecule has 1 aliphatic heterocycles. The van der Waals surface area contributed by atoms with Crippen LogP contribution in [-0.4, -0.2) is 19.5 Å². The first-order valence-corrected chi connectivity index (χ1v) is 9.00. The smallest absolute Gasteiger partial charge is 0.222 e. The number of hydrogen-bond acceptors (Lipinski definition) is 2. The number of allylic oxidation sites excluding steroid dienone is 1. The van der Waals surface area contributed by atoms with Gasteiger partial charge in [-0.2, -0.15) is 0 Å². The molecule has 0 amide bonds. The molecule has 1 fully saturated rings. The van der Waals surface area contributed by atoms with E-state index >= 15 is 0 Å². The molecule has 0 aliphatic carbocycles. The van der Waals surface area contributed by atoms with Crippen LogP contribution in [0.15, 0.2) is 54.6 Å². The molecule has 0 atom stereocenters. The molecule has 0 aromatic heterocycles. The third-order valence-corrected chi connectivity index (χ3v) is 4.35. The quantitative estimate of drug-likeness (QED) is 0.528. The fourth-order valence-corrected chi connectivity index (χ4v) is 2.72. The molecule has 0 saturated carbocycles. The third-order valence-electron chi connectivity index (χ3n) is 4.04. The van der Waals surface area contributed by atoms with Gasteiger partial charge in [0.25, 0.3) is 0 Å². The predicted octanol–water partition coefficient (Wildman–Crippen LogP) is 5.45. The maximum atomic E-state index is 13.6. The molecule has 1 saturated heterocycles. The van der Waals surface area contributed by atoms with E-state index in [9.17, 15) is 4.39 Å². The zero-order valence-electron chi connectivity index (χ0n) is 14.5. The van der Waals surface area contributed by atoms with Crippen LogP contribution < -0.4 is 0 Å². The summed E-state index contributed by atoms with van der Waals surface area (Å²) in [5.41, 5.74) is 2.53. The van der Waals surface area contributed by atoms with Gasteiger partial charge >= 0.3 is 0 Å². The molecular weight excluding hydrogens is 351 g/mol. The van der Waals surface area contributed by atoms with Gasteiger partial charge in [0.1, 0.15) is 5.82 Å². The van der Waals surface area contributed by atoms with Crippen LogP contribution in [0.4, 0.5) is 4.39 Å². The van der Waals surface area contributed by atoms with E-state index in [2.05, 4.69) is 30.9 Å². The first-order valence-electron chi connectivity index (χ1n) is 8.62. The largest absolute Gasteiger partial charge is 0.341 e. The van der Waals surface area contributed by atoms with E-state index in [1.807, 2.05) is 24.3 Å². The van der Waals surface area contributed by atoms with Gasteiger partial charge in [-0.1, -0.05) is 54.8 Å². The van der Waals surface area contributed by atoms with E-state index in [1.54, 1.807) is 12.1 Å². The highest BCUT2D eigenvalue weighted by molar-refractivity contribution is 6.30. The van der Waals surface area contributed by atoms with Crippen molar-refractivity contribution in [3.8, 4) is 23.0 Å². The molecule has 134 valence electrons. The summed E-state index contributed by atoms with van der Waals surface area (Å²) in [5, 5.41) is 0.121. The number of ether oxygens (including phenoxy) is 2. The highest BCUT2D eigenvalue weighted by atomic mass is 35.5. The second-order valence-corrected chi connectivity index (χ2v) is 6.48. The molecule has 0 spiro atoms. The number of rotatable bonds is 3. The molecule has 2 aromatic carbocycles. The van der Waals surface area contributed by atoms with Crippen molar-refractivity contribution < 1.29 is 13.9 Å². The number of halogens is 2. The van der Waals surface area contributed by atoms with E-state index in [4.69, 9.17) is 21.1 Å². The Bertz CT molecular complexity index is 825. The van der Waals surface area contributed by atoms with Gasteiger partial charge in [-0.05, 0) is 47.7 Å². The van der Waals surface area contributed by atoms with Gasteiger partial charge in [-0.15, -0.1) is 0 Å². The Morgan fingerprint density at radius 3 is 2.46 bits per heavy atom. The van der Waals surface area contributed by atoms with Crippen molar-refractivity contribution in [1.29, 1.82) is 0 Å². The lowest BCUT2D eigenvalue weighted by Gasteiger charge is -2.24. The van der Waals surface area contributed by atoms with E-state index in [-0.39, 0.29) is 5.02 Å². The molecule has 0 radical (unpaired) electrons. The summed E-state index contributed by atoms with van der Waals surface area (Å²) in [6.45, 7) is 3.35. The van der Waals surface area contributed by atoms with Crippen molar-refractivity contribution in [3.05, 3.63) is 71.0 Å². The minimum atomic E-state index is -0.494. The van der Waals surface area contributed by atoms with Crippen LogP contribution in [-0.2, 0) is 9.47 Å². The summed E-state index contributed by atoms with van der Waals surface area (Å²) in [4.78, 5) is 0. The van der Waals surface area contributed by atoms with Crippen molar-refractivity contribution in [3.63, 3.8) is 0 Å². The molecule has 26 heavy (non-hydrogen) atoms. The van der Waals surface area contributed by atoms with Crippen molar-refractivity contribution in [2.24, 2.45) is 5.92 Å². The summed E-state index contributed by atoms with van der Waals surface area (Å²) < 4.78 is 24.8. The van der Waals surface area contributed by atoms with E-state index < -0.39 is 12.1 Å². The Morgan fingerprint density at radius 1 is 1.12 bits per heavy atom.